The molecular weight excluding hydrogens is 215 g/mol. The van der Waals surface area contributed by atoms with E-state index in [-0.39, 0.29) is 29.2 Å². The van der Waals surface area contributed by atoms with Gasteiger partial charge in [-0.2, -0.15) is 0 Å². The lowest BCUT2D eigenvalue weighted by Gasteiger charge is -1.97. The molecule has 0 radical (unpaired) electrons. The number of rotatable bonds is 2. The van der Waals surface area contributed by atoms with Crippen LogP contribution >= 0.6 is 0 Å². The Morgan fingerprint density at radius 3 is 3.12 bits per heavy atom. The highest BCUT2D eigenvalue weighted by molar-refractivity contribution is 6.02. The van der Waals surface area contributed by atoms with Crippen molar-refractivity contribution in [2.24, 2.45) is 0 Å². The number of fused-ring (bicyclic) bond motifs is 1. The largest absolute Gasteiger partial charge is 0.460 e. The average Bonchev–Trinajstić information content (AvgIpc) is 2.57. The van der Waals surface area contributed by atoms with Gasteiger partial charge in [0.25, 0.3) is 0 Å². The number of hydrogen-bond donors (Lipinski definition) is 1. The van der Waals surface area contributed by atoms with Crippen LogP contribution in [-0.4, -0.2) is 17.6 Å². The molecule has 0 spiro atoms. The third kappa shape index (κ3) is 1.58. The van der Waals surface area contributed by atoms with E-state index in [9.17, 15) is 9.18 Å². The van der Waals surface area contributed by atoms with Crippen LogP contribution < -0.4 is 5.73 Å². The first-order chi connectivity index (χ1) is 7.63. The van der Waals surface area contributed by atoms with Crippen molar-refractivity contribution in [1.82, 2.24) is 4.98 Å². The summed E-state index contributed by atoms with van der Waals surface area (Å²) in [5.74, 6) is -1.37. The van der Waals surface area contributed by atoms with Crippen LogP contribution in [0.1, 0.15) is 17.5 Å². The summed E-state index contributed by atoms with van der Waals surface area (Å²) in [4.78, 5) is 15.1. The lowest BCUT2D eigenvalue weighted by molar-refractivity contribution is 0.0494. The summed E-state index contributed by atoms with van der Waals surface area (Å²) >= 11 is 0. The fraction of sp³-hybridized carbons (Fsp3) is 0.200. The summed E-state index contributed by atoms with van der Waals surface area (Å²) in [6.07, 6.45) is 0.986. The number of esters is 1. The van der Waals surface area contributed by atoms with Crippen LogP contribution in [0.4, 0.5) is 10.1 Å². The zero-order valence-corrected chi connectivity index (χ0v) is 8.49. The number of pyridine rings is 1. The summed E-state index contributed by atoms with van der Waals surface area (Å²) < 4.78 is 22.7. The van der Waals surface area contributed by atoms with E-state index < -0.39 is 11.8 Å². The molecule has 0 unspecified atom stereocenters. The maximum atomic E-state index is 12.9. The van der Waals surface area contributed by atoms with E-state index in [1.54, 1.807) is 6.92 Å². The van der Waals surface area contributed by atoms with Crippen molar-refractivity contribution in [1.29, 1.82) is 0 Å². The maximum absolute atomic E-state index is 12.9. The molecule has 0 atom stereocenters. The standard InChI is InChI=1S/C10H9FN2O3/c1-2-15-10(14)8-7(12)6-3-5(11)4-13-9(6)16-8/h3-4H,2,12H2,1H3. The van der Waals surface area contributed by atoms with Crippen molar-refractivity contribution in [3.05, 3.63) is 23.8 Å². The van der Waals surface area contributed by atoms with Gasteiger partial charge in [0.2, 0.25) is 11.5 Å². The second-order valence-electron chi connectivity index (χ2n) is 3.07. The van der Waals surface area contributed by atoms with Crippen LogP contribution in [0.2, 0.25) is 0 Å². The summed E-state index contributed by atoms with van der Waals surface area (Å²) in [6.45, 7) is 1.87. The molecule has 2 aromatic rings. The number of nitrogens with two attached hydrogens (primary N) is 1. The van der Waals surface area contributed by atoms with Gasteiger partial charge in [0.05, 0.1) is 23.9 Å². The quantitative estimate of drug-likeness (QED) is 0.786. The maximum Gasteiger partial charge on any atom is 0.376 e. The molecule has 0 aliphatic carbocycles. The molecule has 84 valence electrons. The summed E-state index contributed by atoms with van der Waals surface area (Å²) in [7, 11) is 0. The van der Waals surface area contributed by atoms with Crippen molar-refractivity contribution >= 4 is 22.8 Å². The number of halogens is 1. The first-order valence-electron chi connectivity index (χ1n) is 4.64. The van der Waals surface area contributed by atoms with E-state index in [0.29, 0.717) is 0 Å². The molecule has 0 aliphatic rings. The van der Waals surface area contributed by atoms with Crippen LogP contribution in [0, 0.1) is 5.82 Å². The number of hydrogen-bond acceptors (Lipinski definition) is 5. The first-order valence-corrected chi connectivity index (χ1v) is 4.64. The molecule has 2 N–H and O–H groups in total. The smallest absolute Gasteiger partial charge is 0.376 e. The number of anilines is 1. The van der Waals surface area contributed by atoms with E-state index >= 15 is 0 Å². The molecule has 0 saturated heterocycles. The number of nitrogen functional groups attached to an aromatic ring is 1. The Balaban J connectivity index is 2.56. The topological polar surface area (TPSA) is 78.3 Å². The minimum atomic E-state index is -0.682. The third-order valence-electron chi connectivity index (χ3n) is 2.01. The molecular formula is C10H9FN2O3. The molecule has 0 aliphatic heterocycles. The first kappa shape index (κ1) is 10.4. The zero-order valence-electron chi connectivity index (χ0n) is 8.49. The van der Waals surface area contributed by atoms with E-state index in [1.165, 1.54) is 0 Å². The minimum absolute atomic E-state index is 0.0421. The third-order valence-corrected chi connectivity index (χ3v) is 2.01. The molecule has 5 nitrogen and oxygen atoms in total. The Labute approximate surface area is 90.0 Å². The molecule has 0 saturated carbocycles. The highest BCUT2D eigenvalue weighted by Crippen LogP contribution is 2.27. The van der Waals surface area contributed by atoms with Crippen molar-refractivity contribution in [2.75, 3.05) is 12.3 Å². The predicted molar refractivity (Wildman–Crippen MR) is 54.3 cm³/mol. The average molecular weight is 224 g/mol. The number of nitrogens with zero attached hydrogens (tertiary/aromatic N) is 1. The Morgan fingerprint density at radius 1 is 1.69 bits per heavy atom. The van der Waals surface area contributed by atoms with Gasteiger partial charge >= 0.3 is 5.97 Å². The summed E-state index contributed by atoms with van der Waals surface area (Å²) in [5, 5.41) is 0.267. The highest BCUT2D eigenvalue weighted by Gasteiger charge is 2.20. The Hall–Kier alpha value is -2.11. The number of aromatic nitrogens is 1. The normalized spacial score (nSPS) is 10.6. The molecule has 0 bridgehead atoms. The molecule has 16 heavy (non-hydrogen) atoms. The van der Waals surface area contributed by atoms with E-state index in [4.69, 9.17) is 14.9 Å². The predicted octanol–water partition coefficient (Wildman–Crippen LogP) is 1.73. The number of carbonyl (C=O) groups is 1. The molecule has 2 heterocycles. The Kier molecular flexibility index (Phi) is 2.47. The van der Waals surface area contributed by atoms with Gasteiger partial charge in [0.15, 0.2) is 0 Å². The molecule has 2 rings (SSSR count). The van der Waals surface area contributed by atoms with Gasteiger partial charge in [0, 0.05) is 0 Å². The van der Waals surface area contributed by atoms with Crippen molar-refractivity contribution in [3.8, 4) is 0 Å². The lowest BCUT2D eigenvalue weighted by atomic mass is 10.2. The Bertz CT molecular complexity index is 550. The number of furan rings is 1. The van der Waals surface area contributed by atoms with E-state index in [0.717, 1.165) is 12.3 Å². The second-order valence-corrected chi connectivity index (χ2v) is 3.07. The highest BCUT2D eigenvalue weighted by atomic mass is 19.1. The van der Waals surface area contributed by atoms with Crippen LogP contribution in [0.15, 0.2) is 16.7 Å². The lowest BCUT2D eigenvalue weighted by Crippen LogP contribution is -2.05. The van der Waals surface area contributed by atoms with Gasteiger partial charge in [-0.1, -0.05) is 0 Å². The van der Waals surface area contributed by atoms with Gasteiger partial charge in [-0.25, -0.2) is 14.2 Å². The summed E-state index contributed by atoms with van der Waals surface area (Å²) in [6, 6.07) is 1.16. The molecule has 0 fully saturated rings. The molecule has 0 aromatic carbocycles. The van der Waals surface area contributed by atoms with Crippen molar-refractivity contribution in [2.45, 2.75) is 6.92 Å². The van der Waals surface area contributed by atoms with Crippen molar-refractivity contribution in [3.63, 3.8) is 0 Å². The molecule has 6 heteroatoms. The van der Waals surface area contributed by atoms with Gasteiger partial charge in [-0.3, -0.25) is 0 Å². The SMILES string of the molecule is CCOC(=O)c1oc2ncc(F)cc2c1N. The van der Waals surface area contributed by atoms with Crippen LogP contribution in [0.3, 0.4) is 0 Å². The fourth-order valence-corrected chi connectivity index (χ4v) is 1.32. The Morgan fingerprint density at radius 2 is 2.44 bits per heavy atom. The van der Waals surface area contributed by atoms with Gasteiger partial charge < -0.3 is 14.9 Å². The van der Waals surface area contributed by atoms with E-state index in [2.05, 4.69) is 4.98 Å². The van der Waals surface area contributed by atoms with Crippen LogP contribution in [-0.2, 0) is 4.74 Å². The zero-order chi connectivity index (χ0) is 11.7. The monoisotopic (exact) mass is 224 g/mol. The van der Waals surface area contributed by atoms with Crippen LogP contribution in [0.5, 0.6) is 0 Å². The van der Waals surface area contributed by atoms with Gasteiger partial charge in [0.1, 0.15) is 5.82 Å². The number of carbonyl (C=O) groups excluding carboxylic acids is 1. The molecule has 2 aromatic heterocycles. The summed E-state index contributed by atoms with van der Waals surface area (Å²) in [5.41, 5.74) is 5.79. The minimum Gasteiger partial charge on any atom is -0.460 e. The second kappa shape index (κ2) is 3.80. The van der Waals surface area contributed by atoms with Crippen LogP contribution in [0.25, 0.3) is 11.1 Å². The van der Waals surface area contributed by atoms with E-state index in [1.807, 2.05) is 0 Å². The fourth-order valence-electron chi connectivity index (χ4n) is 1.32. The van der Waals surface area contributed by atoms with Crippen molar-refractivity contribution < 1.29 is 18.3 Å². The number of ether oxygens (including phenoxy) is 1. The molecule has 0 amide bonds. The van der Waals surface area contributed by atoms with Gasteiger partial charge in [-0.15, -0.1) is 0 Å². The van der Waals surface area contributed by atoms with Gasteiger partial charge in [-0.05, 0) is 13.0 Å².